The zero-order valence-corrected chi connectivity index (χ0v) is 19.0. The Hall–Kier alpha value is -2.46. The van der Waals surface area contributed by atoms with Crippen molar-refractivity contribution in [3.8, 4) is 0 Å². The number of nitrogens with zero attached hydrogens (tertiary/aromatic N) is 3. The van der Waals surface area contributed by atoms with Crippen LogP contribution in [0.25, 0.3) is 0 Å². The van der Waals surface area contributed by atoms with E-state index in [-0.39, 0.29) is 18.6 Å². The van der Waals surface area contributed by atoms with Gasteiger partial charge in [0.25, 0.3) is 0 Å². The lowest BCUT2D eigenvalue weighted by Gasteiger charge is -2.36. The predicted octanol–water partition coefficient (Wildman–Crippen LogP) is 2.16. The average Bonchev–Trinajstić information content (AvgIpc) is 3.12. The molecule has 1 saturated carbocycles. The third-order valence-corrected chi connectivity index (χ3v) is 6.82. The van der Waals surface area contributed by atoms with Gasteiger partial charge in [-0.25, -0.2) is 9.18 Å². The summed E-state index contributed by atoms with van der Waals surface area (Å²) < 4.78 is 25.3. The van der Waals surface area contributed by atoms with Crippen LogP contribution in [0, 0.1) is 11.7 Å². The summed E-state index contributed by atoms with van der Waals surface area (Å²) in [6.45, 7) is 2.96. The van der Waals surface area contributed by atoms with Crippen LogP contribution in [-0.2, 0) is 14.3 Å². The number of amides is 2. The molecule has 2 amide bonds. The fraction of sp³-hybridized carbons (Fsp3) is 0.591. The van der Waals surface area contributed by atoms with Crippen LogP contribution in [0.15, 0.2) is 18.2 Å². The summed E-state index contributed by atoms with van der Waals surface area (Å²) in [6.07, 6.45) is 2.63. The Kier molecular flexibility index (Phi) is 7.10. The van der Waals surface area contributed by atoms with E-state index in [9.17, 15) is 14.0 Å². The van der Waals surface area contributed by atoms with E-state index in [2.05, 4.69) is 5.32 Å². The standard InChI is InChI=1S/C22H29FN4O4S/c1-30-14-20(28)26-9-7-25(8-10-26)19-6-5-16(11-18(19)23)27-13-17(31-22(27)29)12-24-21(32)15-3-2-4-15/h5-6,11,15,17H,2-4,7-10,12-14H2,1H3,(H,24,32)/t17-/m0/s1. The highest BCUT2D eigenvalue weighted by molar-refractivity contribution is 7.80. The molecule has 0 aromatic heterocycles. The minimum Gasteiger partial charge on any atom is -0.442 e. The van der Waals surface area contributed by atoms with Gasteiger partial charge in [0.1, 0.15) is 18.5 Å². The molecule has 2 heterocycles. The zero-order chi connectivity index (χ0) is 22.7. The van der Waals surface area contributed by atoms with Crippen LogP contribution in [0.5, 0.6) is 0 Å². The molecule has 1 aromatic rings. The summed E-state index contributed by atoms with van der Waals surface area (Å²) in [5.41, 5.74) is 0.929. The third-order valence-electron chi connectivity index (χ3n) is 6.34. The van der Waals surface area contributed by atoms with Gasteiger partial charge in [-0.05, 0) is 31.0 Å². The fourth-order valence-corrected chi connectivity index (χ4v) is 4.52. The Morgan fingerprint density at radius 1 is 1.28 bits per heavy atom. The van der Waals surface area contributed by atoms with E-state index < -0.39 is 11.9 Å². The van der Waals surface area contributed by atoms with E-state index in [1.165, 1.54) is 24.5 Å². The molecule has 0 radical (unpaired) electrons. The molecule has 3 fully saturated rings. The van der Waals surface area contributed by atoms with Gasteiger partial charge in [-0.1, -0.05) is 18.6 Å². The van der Waals surface area contributed by atoms with Crippen molar-refractivity contribution >= 4 is 40.6 Å². The summed E-state index contributed by atoms with van der Waals surface area (Å²) in [4.78, 5) is 30.2. The molecule has 174 valence electrons. The molecular formula is C22H29FN4O4S. The lowest BCUT2D eigenvalue weighted by Crippen LogP contribution is -2.50. The minimum absolute atomic E-state index is 0.0534. The van der Waals surface area contributed by atoms with Gasteiger partial charge in [-0.2, -0.15) is 0 Å². The number of methoxy groups -OCH3 is 1. The smallest absolute Gasteiger partial charge is 0.414 e. The number of thiocarbonyl (C=S) groups is 1. The van der Waals surface area contributed by atoms with Crippen molar-refractivity contribution in [1.82, 2.24) is 10.2 Å². The van der Waals surface area contributed by atoms with Crippen LogP contribution in [0.3, 0.4) is 0 Å². The number of carbonyl (C=O) groups is 2. The maximum Gasteiger partial charge on any atom is 0.414 e. The first-order valence-corrected chi connectivity index (χ1v) is 11.4. The maximum absolute atomic E-state index is 14.9. The van der Waals surface area contributed by atoms with Crippen LogP contribution in [0.4, 0.5) is 20.6 Å². The van der Waals surface area contributed by atoms with Gasteiger partial charge in [0.05, 0.1) is 29.5 Å². The second kappa shape index (κ2) is 9.99. The molecule has 3 aliphatic rings. The van der Waals surface area contributed by atoms with Crippen LogP contribution in [0.2, 0.25) is 0 Å². The second-order valence-electron chi connectivity index (χ2n) is 8.43. The number of ether oxygens (including phenoxy) is 2. The van der Waals surface area contributed by atoms with Crippen molar-refractivity contribution < 1.29 is 23.5 Å². The van der Waals surface area contributed by atoms with Gasteiger partial charge in [0.2, 0.25) is 5.91 Å². The number of carbonyl (C=O) groups excluding carboxylic acids is 2. The highest BCUT2D eigenvalue weighted by Crippen LogP contribution is 2.29. The quantitative estimate of drug-likeness (QED) is 0.620. The van der Waals surface area contributed by atoms with Gasteiger partial charge in [0, 0.05) is 39.2 Å². The normalized spacial score (nSPS) is 21.4. The van der Waals surface area contributed by atoms with Crippen molar-refractivity contribution in [3.63, 3.8) is 0 Å². The lowest BCUT2D eigenvalue weighted by molar-refractivity contribution is -0.135. The van der Waals surface area contributed by atoms with E-state index in [0.29, 0.717) is 56.6 Å². The SMILES string of the molecule is COCC(=O)N1CCN(c2ccc(N3C[C@H](CNC(=S)C4CCC4)OC3=O)cc2F)CC1. The number of rotatable bonds is 7. The van der Waals surface area contributed by atoms with E-state index in [0.717, 1.165) is 17.8 Å². The summed E-state index contributed by atoms with van der Waals surface area (Å²) in [7, 11) is 1.49. The van der Waals surface area contributed by atoms with Crippen molar-refractivity contribution in [1.29, 1.82) is 0 Å². The zero-order valence-electron chi connectivity index (χ0n) is 18.2. The van der Waals surface area contributed by atoms with Crippen LogP contribution in [0.1, 0.15) is 19.3 Å². The summed E-state index contributed by atoms with van der Waals surface area (Å²) in [5, 5.41) is 3.21. The van der Waals surface area contributed by atoms with E-state index in [1.54, 1.807) is 17.0 Å². The number of halogens is 1. The molecule has 0 unspecified atom stereocenters. The van der Waals surface area contributed by atoms with Gasteiger partial charge in [-0.15, -0.1) is 0 Å². The molecule has 32 heavy (non-hydrogen) atoms. The second-order valence-corrected chi connectivity index (χ2v) is 8.87. The Morgan fingerprint density at radius 3 is 2.66 bits per heavy atom. The Balaban J connectivity index is 1.32. The van der Waals surface area contributed by atoms with Crippen LogP contribution >= 0.6 is 12.2 Å². The van der Waals surface area contributed by atoms with Gasteiger partial charge >= 0.3 is 6.09 Å². The van der Waals surface area contributed by atoms with E-state index in [4.69, 9.17) is 21.7 Å². The Morgan fingerprint density at radius 2 is 2.03 bits per heavy atom. The van der Waals surface area contributed by atoms with E-state index in [1.807, 2.05) is 4.90 Å². The number of piperazine rings is 1. The van der Waals surface area contributed by atoms with Crippen LogP contribution in [-0.4, -0.2) is 81.0 Å². The molecule has 0 bridgehead atoms. The summed E-state index contributed by atoms with van der Waals surface area (Å²) in [5.74, 6) is -0.0208. The summed E-state index contributed by atoms with van der Waals surface area (Å²) >= 11 is 5.39. The average molecular weight is 465 g/mol. The highest BCUT2D eigenvalue weighted by atomic mass is 32.1. The monoisotopic (exact) mass is 464 g/mol. The number of anilines is 2. The number of hydrogen-bond donors (Lipinski definition) is 1. The Labute approximate surface area is 192 Å². The van der Waals surface area contributed by atoms with Gasteiger partial charge in [0.15, 0.2) is 0 Å². The first kappa shape index (κ1) is 22.7. The number of cyclic esters (lactones) is 1. The van der Waals surface area contributed by atoms with Crippen molar-refractivity contribution in [2.24, 2.45) is 5.92 Å². The number of benzene rings is 1. The first-order valence-electron chi connectivity index (χ1n) is 11.0. The maximum atomic E-state index is 14.9. The molecule has 1 aromatic carbocycles. The lowest BCUT2D eigenvalue weighted by atomic mass is 9.85. The molecule has 2 aliphatic heterocycles. The number of nitrogens with one attached hydrogen (secondary N) is 1. The largest absolute Gasteiger partial charge is 0.442 e. The molecule has 1 N–H and O–H groups in total. The molecule has 1 atom stereocenters. The molecule has 2 saturated heterocycles. The van der Waals surface area contributed by atoms with E-state index >= 15 is 0 Å². The van der Waals surface area contributed by atoms with Crippen molar-refractivity contribution in [2.45, 2.75) is 25.4 Å². The minimum atomic E-state index is -0.483. The molecule has 1 aliphatic carbocycles. The molecular weight excluding hydrogens is 435 g/mol. The Bertz CT molecular complexity index is 873. The molecule has 0 spiro atoms. The topological polar surface area (TPSA) is 74.3 Å². The first-order chi connectivity index (χ1) is 15.5. The number of hydrogen-bond acceptors (Lipinski definition) is 6. The van der Waals surface area contributed by atoms with Crippen molar-refractivity contribution in [2.75, 3.05) is 62.8 Å². The fourth-order valence-electron chi connectivity index (χ4n) is 4.20. The summed E-state index contributed by atoms with van der Waals surface area (Å²) in [6, 6.07) is 4.78. The van der Waals surface area contributed by atoms with Crippen LogP contribution < -0.4 is 15.1 Å². The molecule has 10 heteroatoms. The highest BCUT2D eigenvalue weighted by Gasteiger charge is 2.34. The molecule has 8 nitrogen and oxygen atoms in total. The van der Waals surface area contributed by atoms with Crippen molar-refractivity contribution in [3.05, 3.63) is 24.0 Å². The predicted molar refractivity (Wildman–Crippen MR) is 123 cm³/mol. The molecule has 4 rings (SSSR count). The van der Waals surface area contributed by atoms with Gasteiger partial charge in [-0.3, -0.25) is 9.69 Å². The van der Waals surface area contributed by atoms with Gasteiger partial charge < -0.3 is 24.6 Å². The third kappa shape index (κ3) is 4.96.